The first kappa shape index (κ1) is 12.0. The van der Waals surface area contributed by atoms with E-state index in [4.69, 9.17) is 0 Å². The van der Waals surface area contributed by atoms with Crippen molar-refractivity contribution in [3.8, 4) is 0 Å². The third-order valence-electron chi connectivity index (χ3n) is 2.80. The van der Waals surface area contributed by atoms with Crippen LogP contribution in [0.5, 0.6) is 0 Å². The van der Waals surface area contributed by atoms with Gasteiger partial charge in [0, 0.05) is 18.8 Å². The zero-order valence-electron chi connectivity index (χ0n) is 10.1. The molecule has 1 amide bonds. The summed E-state index contributed by atoms with van der Waals surface area (Å²) in [4.78, 5) is 11.6. The molecule has 0 saturated heterocycles. The Hall–Kier alpha value is -1.43. The summed E-state index contributed by atoms with van der Waals surface area (Å²) in [5.41, 5.74) is 0. The number of carbonyl (C=O) groups excluding carboxylic acids is 1. The number of aromatic nitrogens is 3. The maximum absolute atomic E-state index is 11.6. The van der Waals surface area contributed by atoms with Crippen LogP contribution in [-0.4, -0.2) is 39.5 Å². The van der Waals surface area contributed by atoms with Crippen LogP contribution in [-0.2, 0) is 11.3 Å². The highest BCUT2D eigenvalue weighted by Crippen LogP contribution is 2.18. The molecule has 1 atom stereocenters. The first-order valence-electron chi connectivity index (χ1n) is 6.13. The standard InChI is InChI=1S/C11H19N5O/c1-9(11(17)14-10-3-4-10)12-5-2-7-16-8-6-13-15-16/h6,8-10,12H,2-5,7H2,1H3,(H,14,17). The average molecular weight is 237 g/mol. The Bertz CT molecular complexity index is 347. The molecule has 0 radical (unpaired) electrons. The van der Waals surface area contributed by atoms with Gasteiger partial charge in [-0.25, -0.2) is 0 Å². The van der Waals surface area contributed by atoms with E-state index in [1.165, 1.54) is 0 Å². The van der Waals surface area contributed by atoms with Gasteiger partial charge in [0.05, 0.1) is 12.2 Å². The molecule has 94 valence electrons. The largest absolute Gasteiger partial charge is 0.352 e. The van der Waals surface area contributed by atoms with Crippen LogP contribution in [0.25, 0.3) is 0 Å². The normalized spacial score (nSPS) is 16.8. The summed E-state index contributed by atoms with van der Waals surface area (Å²) in [7, 11) is 0. The lowest BCUT2D eigenvalue weighted by Crippen LogP contribution is -2.43. The molecule has 0 aliphatic heterocycles. The zero-order chi connectivity index (χ0) is 12.1. The molecular formula is C11H19N5O. The number of hydrogen-bond acceptors (Lipinski definition) is 4. The summed E-state index contributed by atoms with van der Waals surface area (Å²) in [5.74, 6) is 0.105. The van der Waals surface area contributed by atoms with Crippen molar-refractivity contribution in [3.63, 3.8) is 0 Å². The topological polar surface area (TPSA) is 71.8 Å². The Morgan fingerprint density at radius 3 is 3.06 bits per heavy atom. The molecule has 1 unspecified atom stereocenters. The summed E-state index contributed by atoms with van der Waals surface area (Å²) < 4.78 is 1.79. The molecule has 0 bridgehead atoms. The molecule has 1 heterocycles. The second-order valence-electron chi connectivity index (χ2n) is 4.48. The third kappa shape index (κ3) is 4.14. The van der Waals surface area contributed by atoms with Crippen LogP contribution in [0.3, 0.4) is 0 Å². The molecule has 1 aliphatic rings. The number of aryl methyl sites for hydroxylation is 1. The van der Waals surface area contributed by atoms with Gasteiger partial charge in [-0.1, -0.05) is 5.21 Å². The van der Waals surface area contributed by atoms with Crippen molar-refractivity contribution in [2.45, 2.75) is 44.8 Å². The second-order valence-corrected chi connectivity index (χ2v) is 4.48. The van der Waals surface area contributed by atoms with Crippen molar-refractivity contribution < 1.29 is 4.79 Å². The van der Waals surface area contributed by atoms with E-state index in [2.05, 4.69) is 20.9 Å². The van der Waals surface area contributed by atoms with Crippen molar-refractivity contribution in [1.82, 2.24) is 25.6 Å². The van der Waals surface area contributed by atoms with E-state index < -0.39 is 0 Å². The van der Waals surface area contributed by atoms with Crippen molar-refractivity contribution in [2.24, 2.45) is 0 Å². The molecule has 6 heteroatoms. The fraction of sp³-hybridized carbons (Fsp3) is 0.727. The Balaban J connectivity index is 1.55. The Morgan fingerprint density at radius 1 is 1.59 bits per heavy atom. The minimum Gasteiger partial charge on any atom is -0.352 e. The van der Waals surface area contributed by atoms with E-state index in [1.807, 2.05) is 13.1 Å². The van der Waals surface area contributed by atoms with Gasteiger partial charge in [0.15, 0.2) is 0 Å². The minimum atomic E-state index is -0.119. The van der Waals surface area contributed by atoms with E-state index in [1.54, 1.807) is 10.9 Å². The van der Waals surface area contributed by atoms with Crippen LogP contribution >= 0.6 is 0 Å². The van der Waals surface area contributed by atoms with E-state index in [0.717, 1.165) is 32.4 Å². The molecule has 2 rings (SSSR count). The van der Waals surface area contributed by atoms with Gasteiger partial charge >= 0.3 is 0 Å². The fourth-order valence-electron chi connectivity index (χ4n) is 1.56. The van der Waals surface area contributed by atoms with Crippen LogP contribution in [0.1, 0.15) is 26.2 Å². The lowest BCUT2D eigenvalue weighted by Gasteiger charge is -2.13. The zero-order valence-corrected chi connectivity index (χ0v) is 10.1. The van der Waals surface area contributed by atoms with Crippen molar-refractivity contribution >= 4 is 5.91 Å². The molecule has 1 fully saturated rings. The van der Waals surface area contributed by atoms with Gasteiger partial charge in [-0.3, -0.25) is 9.48 Å². The number of amides is 1. The van der Waals surface area contributed by atoms with E-state index >= 15 is 0 Å². The Kier molecular flexibility index (Phi) is 4.08. The molecule has 1 aromatic heterocycles. The van der Waals surface area contributed by atoms with Crippen molar-refractivity contribution in [3.05, 3.63) is 12.4 Å². The number of rotatable bonds is 7. The summed E-state index contributed by atoms with van der Waals surface area (Å²) >= 11 is 0. The van der Waals surface area contributed by atoms with E-state index in [0.29, 0.717) is 6.04 Å². The quantitative estimate of drug-likeness (QED) is 0.651. The van der Waals surface area contributed by atoms with Crippen LogP contribution < -0.4 is 10.6 Å². The van der Waals surface area contributed by atoms with Gasteiger partial charge in [0.25, 0.3) is 0 Å². The second kappa shape index (κ2) is 5.77. The first-order chi connectivity index (χ1) is 8.25. The number of nitrogens with zero attached hydrogens (tertiary/aromatic N) is 3. The summed E-state index contributed by atoms with van der Waals surface area (Å²) in [6.45, 7) is 3.52. The predicted molar refractivity (Wildman–Crippen MR) is 63.3 cm³/mol. The van der Waals surface area contributed by atoms with Gasteiger partial charge in [-0.2, -0.15) is 0 Å². The molecular weight excluding hydrogens is 218 g/mol. The smallest absolute Gasteiger partial charge is 0.237 e. The summed E-state index contributed by atoms with van der Waals surface area (Å²) in [6, 6.07) is 0.313. The summed E-state index contributed by atoms with van der Waals surface area (Å²) in [6.07, 6.45) is 6.70. The average Bonchev–Trinajstić information content (AvgIpc) is 2.97. The highest BCUT2D eigenvalue weighted by atomic mass is 16.2. The monoisotopic (exact) mass is 237 g/mol. The molecule has 1 aliphatic carbocycles. The lowest BCUT2D eigenvalue weighted by molar-refractivity contribution is -0.122. The van der Waals surface area contributed by atoms with Gasteiger partial charge in [0.2, 0.25) is 5.91 Å². The molecule has 1 saturated carbocycles. The maximum Gasteiger partial charge on any atom is 0.237 e. The number of carbonyl (C=O) groups is 1. The molecule has 6 nitrogen and oxygen atoms in total. The fourth-order valence-corrected chi connectivity index (χ4v) is 1.56. The highest BCUT2D eigenvalue weighted by molar-refractivity contribution is 5.81. The van der Waals surface area contributed by atoms with Crippen molar-refractivity contribution in [2.75, 3.05) is 6.54 Å². The van der Waals surface area contributed by atoms with Crippen LogP contribution in [0, 0.1) is 0 Å². The predicted octanol–water partition coefficient (Wildman–Crippen LogP) is -0.0751. The van der Waals surface area contributed by atoms with Gasteiger partial charge in [-0.05, 0) is 32.7 Å². The number of hydrogen-bond donors (Lipinski definition) is 2. The highest BCUT2D eigenvalue weighted by Gasteiger charge is 2.25. The van der Waals surface area contributed by atoms with Crippen molar-refractivity contribution in [1.29, 1.82) is 0 Å². The Labute approximate surface area is 101 Å². The Morgan fingerprint density at radius 2 is 2.41 bits per heavy atom. The van der Waals surface area contributed by atoms with Crippen LogP contribution in [0.4, 0.5) is 0 Å². The van der Waals surface area contributed by atoms with Gasteiger partial charge in [-0.15, -0.1) is 5.10 Å². The lowest BCUT2D eigenvalue weighted by atomic mass is 10.3. The van der Waals surface area contributed by atoms with Crippen LogP contribution in [0.15, 0.2) is 12.4 Å². The first-order valence-corrected chi connectivity index (χ1v) is 6.13. The third-order valence-corrected chi connectivity index (χ3v) is 2.80. The SMILES string of the molecule is CC(NCCCn1ccnn1)C(=O)NC1CC1. The molecule has 0 aromatic carbocycles. The number of nitrogens with one attached hydrogen (secondary N) is 2. The van der Waals surface area contributed by atoms with Gasteiger partial charge in [0.1, 0.15) is 0 Å². The molecule has 1 aromatic rings. The van der Waals surface area contributed by atoms with Gasteiger partial charge < -0.3 is 10.6 Å². The molecule has 0 spiro atoms. The molecule has 17 heavy (non-hydrogen) atoms. The maximum atomic E-state index is 11.6. The summed E-state index contributed by atoms with van der Waals surface area (Å²) in [5, 5.41) is 13.8. The van der Waals surface area contributed by atoms with E-state index in [9.17, 15) is 4.79 Å². The van der Waals surface area contributed by atoms with Crippen LogP contribution in [0.2, 0.25) is 0 Å². The molecule has 2 N–H and O–H groups in total. The van der Waals surface area contributed by atoms with E-state index in [-0.39, 0.29) is 11.9 Å². The minimum absolute atomic E-state index is 0.105.